The van der Waals surface area contributed by atoms with Gasteiger partial charge >= 0.3 is 0 Å². The molecule has 17 heavy (non-hydrogen) atoms. The van der Waals surface area contributed by atoms with Gasteiger partial charge in [-0.1, -0.05) is 23.2 Å². The Morgan fingerprint density at radius 3 is 2.71 bits per heavy atom. The molecular weight excluding hydrogens is 259 g/mol. The lowest BCUT2D eigenvalue weighted by Gasteiger charge is -2.07. The van der Waals surface area contributed by atoms with E-state index in [1.807, 2.05) is 6.07 Å². The summed E-state index contributed by atoms with van der Waals surface area (Å²) in [5.41, 5.74) is 0.221. The fourth-order valence-corrected chi connectivity index (χ4v) is 1.51. The molecular formula is C12H6Cl2N2O. The number of benzene rings is 1. The van der Waals surface area contributed by atoms with Crippen molar-refractivity contribution < 1.29 is 4.74 Å². The Hall–Kier alpha value is -1.76. The van der Waals surface area contributed by atoms with Crippen LogP contribution in [-0.4, -0.2) is 4.98 Å². The van der Waals surface area contributed by atoms with E-state index in [2.05, 4.69) is 4.98 Å². The van der Waals surface area contributed by atoms with Crippen LogP contribution < -0.4 is 4.74 Å². The van der Waals surface area contributed by atoms with Crippen molar-refractivity contribution in [3.8, 4) is 17.6 Å². The minimum atomic E-state index is 0.221. The standard InChI is InChI=1S/C12H6Cl2N2O/c13-9-4-3-8(6-10(9)14)17-12-2-1-5-16-11(12)7-15/h1-6H. The number of rotatable bonds is 2. The van der Waals surface area contributed by atoms with Crippen LogP contribution in [0.25, 0.3) is 0 Å². The Morgan fingerprint density at radius 1 is 1.18 bits per heavy atom. The van der Waals surface area contributed by atoms with Crippen molar-refractivity contribution in [3.05, 3.63) is 52.3 Å². The first-order valence-corrected chi connectivity index (χ1v) is 5.44. The molecule has 0 amide bonds. The van der Waals surface area contributed by atoms with E-state index in [9.17, 15) is 0 Å². The first-order valence-electron chi connectivity index (χ1n) is 4.69. The summed E-state index contributed by atoms with van der Waals surface area (Å²) in [6, 6.07) is 10.2. The summed E-state index contributed by atoms with van der Waals surface area (Å²) in [5.74, 6) is 0.886. The Morgan fingerprint density at radius 2 is 2.00 bits per heavy atom. The maximum atomic E-state index is 8.86. The van der Waals surface area contributed by atoms with Crippen LogP contribution in [0.4, 0.5) is 0 Å². The molecule has 0 saturated heterocycles. The Labute approximate surface area is 108 Å². The minimum absolute atomic E-state index is 0.221. The molecule has 0 radical (unpaired) electrons. The van der Waals surface area contributed by atoms with E-state index in [0.29, 0.717) is 21.5 Å². The lowest BCUT2D eigenvalue weighted by atomic mass is 10.3. The molecule has 2 rings (SSSR count). The second-order valence-electron chi connectivity index (χ2n) is 3.14. The van der Waals surface area contributed by atoms with E-state index in [1.54, 1.807) is 30.3 Å². The topological polar surface area (TPSA) is 45.9 Å². The van der Waals surface area contributed by atoms with Gasteiger partial charge in [-0.05, 0) is 24.3 Å². The lowest BCUT2D eigenvalue weighted by Crippen LogP contribution is -1.90. The smallest absolute Gasteiger partial charge is 0.183 e. The van der Waals surface area contributed by atoms with Gasteiger partial charge in [0.05, 0.1) is 10.0 Å². The van der Waals surface area contributed by atoms with Crippen LogP contribution in [0.2, 0.25) is 10.0 Å². The Bertz CT molecular complexity index is 593. The number of hydrogen-bond donors (Lipinski definition) is 0. The van der Waals surface area contributed by atoms with Crippen LogP contribution in [-0.2, 0) is 0 Å². The molecule has 0 saturated carbocycles. The molecule has 3 nitrogen and oxygen atoms in total. The molecule has 2 aromatic rings. The van der Waals surface area contributed by atoms with Gasteiger partial charge in [0, 0.05) is 12.3 Å². The number of pyridine rings is 1. The van der Waals surface area contributed by atoms with Gasteiger partial charge in [-0.3, -0.25) is 0 Å². The van der Waals surface area contributed by atoms with Gasteiger partial charge in [-0.15, -0.1) is 0 Å². The third kappa shape index (κ3) is 2.68. The molecule has 1 aromatic heterocycles. The number of nitriles is 1. The maximum Gasteiger partial charge on any atom is 0.183 e. The molecule has 0 unspecified atom stereocenters. The van der Waals surface area contributed by atoms with Crippen molar-refractivity contribution in [2.24, 2.45) is 0 Å². The highest BCUT2D eigenvalue weighted by atomic mass is 35.5. The monoisotopic (exact) mass is 264 g/mol. The van der Waals surface area contributed by atoms with E-state index < -0.39 is 0 Å². The molecule has 1 heterocycles. The van der Waals surface area contributed by atoms with Gasteiger partial charge in [0.25, 0.3) is 0 Å². The van der Waals surface area contributed by atoms with Gasteiger partial charge in [-0.2, -0.15) is 5.26 Å². The van der Waals surface area contributed by atoms with Crippen LogP contribution in [0, 0.1) is 11.3 Å². The van der Waals surface area contributed by atoms with Crippen LogP contribution in [0.5, 0.6) is 11.5 Å². The van der Waals surface area contributed by atoms with Crippen LogP contribution >= 0.6 is 23.2 Å². The van der Waals surface area contributed by atoms with Crippen molar-refractivity contribution in [1.82, 2.24) is 4.98 Å². The van der Waals surface area contributed by atoms with E-state index in [0.717, 1.165) is 0 Å². The minimum Gasteiger partial charge on any atom is -0.454 e. The van der Waals surface area contributed by atoms with Gasteiger partial charge < -0.3 is 4.74 Å². The largest absolute Gasteiger partial charge is 0.454 e. The average molecular weight is 265 g/mol. The molecule has 0 aliphatic rings. The zero-order chi connectivity index (χ0) is 12.3. The SMILES string of the molecule is N#Cc1ncccc1Oc1ccc(Cl)c(Cl)c1. The number of halogens is 2. The van der Waals surface area contributed by atoms with Crippen LogP contribution in [0.1, 0.15) is 5.69 Å². The van der Waals surface area contributed by atoms with Gasteiger partial charge in [0.1, 0.15) is 11.8 Å². The van der Waals surface area contributed by atoms with Crippen LogP contribution in [0.15, 0.2) is 36.5 Å². The molecule has 0 atom stereocenters. The lowest BCUT2D eigenvalue weighted by molar-refractivity contribution is 0.478. The van der Waals surface area contributed by atoms with Gasteiger partial charge in [-0.25, -0.2) is 4.98 Å². The summed E-state index contributed by atoms with van der Waals surface area (Å²) in [4.78, 5) is 3.89. The molecule has 0 N–H and O–H groups in total. The summed E-state index contributed by atoms with van der Waals surface area (Å²) in [5, 5.41) is 9.70. The maximum absolute atomic E-state index is 8.86. The Balaban J connectivity index is 2.32. The summed E-state index contributed by atoms with van der Waals surface area (Å²) in [7, 11) is 0. The molecule has 0 bridgehead atoms. The zero-order valence-corrected chi connectivity index (χ0v) is 10.0. The average Bonchev–Trinajstić information content (AvgIpc) is 2.34. The third-order valence-electron chi connectivity index (χ3n) is 2.00. The number of aromatic nitrogens is 1. The molecule has 0 fully saturated rings. The van der Waals surface area contributed by atoms with Crippen LogP contribution in [0.3, 0.4) is 0 Å². The second kappa shape index (κ2) is 5.05. The van der Waals surface area contributed by atoms with E-state index in [1.165, 1.54) is 6.20 Å². The van der Waals surface area contributed by atoms with E-state index in [4.69, 9.17) is 33.2 Å². The summed E-state index contributed by atoms with van der Waals surface area (Å²) < 4.78 is 5.51. The third-order valence-corrected chi connectivity index (χ3v) is 2.73. The first kappa shape index (κ1) is 11.7. The van der Waals surface area contributed by atoms with Crippen molar-refractivity contribution in [2.45, 2.75) is 0 Å². The van der Waals surface area contributed by atoms with Crippen molar-refractivity contribution in [1.29, 1.82) is 5.26 Å². The molecule has 1 aromatic carbocycles. The fourth-order valence-electron chi connectivity index (χ4n) is 1.22. The summed E-state index contributed by atoms with van der Waals surface area (Å²) in [6.45, 7) is 0. The number of nitrogens with zero attached hydrogens (tertiary/aromatic N) is 2. The van der Waals surface area contributed by atoms with Crippen molar-refractivity contribution in [2.75, 3.05) is 0 Å². The van der Waals surface area contributed by atoms with E-state index in [-0.39, 0.29) is 5.69 Å². The van der Waals surface area contributed by atoms with Gasteiger partial charge in [0.15, 0.2) is 11.4 Å². The molecule has 0 aliphatic heterocycles. The molecule has 5 heteroatoms. The van der Waals surface area contributed by atoms with Crippen molar-refractivity contribution in [3.63, 3.8) is 0 Å². The predicted octanol–water partition coefficient (Wildman–Crippen LogP) is 4.05. The van der Waals surface area contributed by atoms with Gasteiger partial charge in [0.2, 0.25) is 0 Å². The fraction of sp³-hybridized carbons (Fsp3) is 0. The molecule has 84 valence electrons. The number of ether oxygens (including phenoxy) is 1. The molecule has 0 aliphatic carbocycles. The van der Waals surface area contributed by atoms with Crippen molar-refractivity contribution >= 4 is 23.2 Å². The summed E-state index contributed by atoms with van der Waals surface area (Å²) in [6.07, 6.45) is 1.53. The predicted molar refractivity (Wildman–Crippen MR) is 65.5 cm³/mol. The normalized spacial score (nSPS) is 9.71. The Kier molecular flexibility index (Phi) is 3.48. The first-order chi connectivity index (χ1) is 8.20. The highest BCUT2D eigenvalue weighted by Crippen LogP contribution is 2.30. The zero-order valence-electron chi connectivity index (χ0n) is 8.52. The summed E-state index contributed by atoms with van der Waals surface area (Å²) >= 11 is 11.7. The highest BCUT2D eigenvalue weighted by molar-refractivity contribution is 6.42. The number of hydrogen-bond acceptors (Lipinski definition) is 3. The highest BCUT2D eigenvalue weighted by Gasteiger charge is 2.06. The van der Waals surface area contributed by atoms with E-state index >= 15 is 0 Å². The quantitative estimate of drug-likeness (QED) is 0.822. The second-order valence-corrected chi connectivity index (χ2v) is 3.95. The molecule has 0 spiro atoms.